The monoisotopic (exact) mass is 438 g/mol. The number of hydrogen-bond acceptors (Lipinski definition) is 5. The SMILES string of the molecule is Cc1cnccc1-c1nc(-c2ccccc2F)c2c(n1)[C@]1(C)C=C(C#N)C(=O)C(C)C1CC2. The van der Waals surface area contributed by atoms with Crippen LogP contribution in [0.4, 0.5) is 4.39 Å². The van der Waals surface area contributed by atoms with Crippen molar-refractivity contribution in [3.05, 3.63) is 77.0 Å². The number of nitrogens with zero attached hydrogens (tertiary/aromatic N) is 4. The van der Waals surface area contributed by atoms with Crippen LogP contribution in [0.2, 0.25) is 0 Å². The van der Waals surface area contributed by atoms with Gasteiger partial charge in [0.05, 0.1) is 17.0 Å². The molecule has 0 bridgehead atoms. The zero-order valence-electron chi connectivity index (χ0n) is 18.8. The van der Waals surface area contributed by atoms with Gasteiger partial charge in [0.15, 0.2) is 11.6 Å². The molecule has 2 aliphatic carbocycles. The van der Waals surface area contributed by atoms with Crippen LogP contribution in [0.3, 0.4) is 0 Å². The van der Waals surface area contributed by atoms with Crippen LogP contribution in [0.1, 0.15) is 37.1 Å². The molecule has 0 saturated heterocycles. The lowest BCUT2D eigenvalue weighted by Gasteiger charge is -2.45. The smallest absolute Gasteiger partial charge is 0.176 e. The maximum atomic E-state index is 14.9. The van der Waals surface area contributed by atoms with Crippen LogP contribution < -0.4 is 0 Å². The number of Topliss-reactive ketones (excluding diaryl/α,β-unsaturated/α-hetero) is 1. The van der Waals surface area contributed by atoms with Gasteiger partial charge in [-0.05, 0) is 49.4 Å². The maximum Gasteiger partial charge on any atom is 0.176 e. The summed E-state index contributed by atoms with van der Waals surface area (Å²) in [4.78, 5) is 26.8. The minimum Gasteiger partial charge on any atom is -0.293 e. The van der Waals surface area contributed by atoms with Crippen molar-refractivity contribution in [1.82, 2.24) is 15.0 Å². The van der Waals surface area contributed by atoms with Crippen molar-refractivity contribution in [2.45, 2.75) is 39.0 Å². The van der Waals surface area contributed by atoms with Gasteiger partial charge < -0.3 is 0 Å². The third-order valence-corrected chi connectivity index (χ3v) is 7.23. The summed E-state index contributed by atoms with van der Waals surface area (Å²) < 4.78 is 14.9. The molecule has 3 aromatic rings. The number of nitriles is 1. The second-order valence-corrected chi connectivity index (χ2v) is 9.14. The Kier molecular flexibility index (Phi) is 4.93. The molecule has 2 aromatic heterocycles. The molecule has 0 N–H and O–H groups in total. The average molecular weight is 439 g/mol. The number of rotatable bonds is 2. The van der Waals surface area contributed by atoms with Crippen LogP contribution in [-0.4, -0.2) is 20.7 Å². The summed E-state index contributed by atoms with van der Waals surface area (Å²) in [5.41, 5.74) is 3.91. The van der Waals surface area contributed by atoms with E-state index in [1.165, 1.54) is 6.07 Å². The van der Waals surface area contributed by atoms with E-state index in [0.717, 1.165) is 28.8 Å². The van der Waals surface area contributed by atoms with Crippen LogP contribution in [-0.2, 0) is 16.6 Å². The minimum atomic E-state index is -0.634. The largest absolute Gasteiger partial charge is 0.293 e. The molecule has 0 amide bonds. The van der Waals surface area contributed by atoms with Gasteiger partial charge in [-0.25, -0.2) is 14.4 Å². The molecule has 5 rings (SSSR count). The Bertz CT molecular complexity index is 1370. The minimum absolute atomic E-state index is 0.00403. The van der Waals surface area contributed by atoms with E-state index in [-0.39, 0.29) is 29.0 Å². The van der Waals surface area contributed by atoms with Gasteiger partial charge in [0.25, 0.3) is 0 Å². The Hall–Kier alpha value is -3.72. The number of aryl methyl sites for hydroxylation is 1. The zero-order valence-corrected chi connectivity index (χ0v) is 18.8. The van der Waals surface area contributed by atoms with Gasteiger partial charge in [-0.1, -0.05) is 32.1 Å². The van der Waals surface area contributed by atoms with Gasteiger partial charge in [0.2, 0.25) is 0 Å². The summed E-state index contributed by atoms with van der Waals surface area (Å²) in [5.74, 6) is -0.254. The molecule has 0 spiro atoms. The molecule has 2 aliphatic rings. The van der Waals surface area contributed by atoms with Gasteiger partial charge in [0.1, 0.15) is 11.9 Å². The second-order valence-electron chi connectivity index (χ2n) is 9.14. The topological polar surface area (TPSA) is 79.5 Å². The van der Waals surface area contributed by atoms with E-state index in [4.69, 9.17) is 9.97 Å². The number of halogens is 1. The molecule has 5 nitrogen and oxygen atoms in total. The van der Waals surface area contributed by atoms with E-state index >= 15 is 0 Å². The molecule has 164 valence electrons. The van der Waals surface area contributed by atoms with E-state index in [1.54, 1.807) is 36.7 Å². The molecule has 0 radical (unpaired) electrons. The van der Waals surface area contributed by atoms with Crippen molar-refractivity contribution in [3.8, 4) is 28.7 Å². The highest BCUT2D eigenvalue weighted by atomic mass is 19.1. The van der Waals surface area contributed by atoms with Crippen molar-refractivity contribution >= 4 is 5.78 Å². The predicted octanol–water partition coefficient (Wildman–Crippen LogP) is 5.14. The Labute approximate surface area is 192 Å². The average Bonchev–Trinajstić information content (AvgIpc) is 2.82. The van der Waals surface area contributed by atoms with E-state index < -0.39 is 5.41 Å². The quantitative estimate of drug-likeness (QED) is 0.553. The highest BCUT2D eigenvalue weighted by molar-refractivity contribution is 6.02. The lowest BCUT2D eigenvalue weighted by atomic mass is 9.57. The third kappa shape index (κ3) is 3.19. The Morgan fingerprint density at radius 1 is 1.18 bits per heavy atom. The molecule has 1 aromatic carbocycles. The van der Waals surface area contributed by atoms with Crippen LogP contribution in [0.25, 0.3) is 22.6 Å². The number of fused-ring (bicyclic) bond motifs is 3. The van der Waals surface area contributed by atoms with E-state index in [9.17, 15) is 14.4 Å². The number of allylic oxidation sites excluding steroid dienone is 2. The number of aromatic nitrogens is 3. The van der Waals surface area contributed by atoms with Gasteiger partial charge >= 0.3 is 0 Å². The van der Waals surface area contributed by atoms with Crippen molar-refractivity contribution in [1.29, 1.82) is 5.26 Å². The summed E-state index contributed by atoms with van der Waals surface area (Å²) >= 11 is 0. The van der Waals surface area contributed by atoms with E-state index in [1.807, 2.05) is 26.8 Å². The Morgan fingerprint density at radius 2 is 1.97 bits per heavy atom. The molecule has 33 heavy (non-hydrogen) atoms. The third-order valence-electron chi connectivity index (χ3n) is 7.23. The zero-order chi connectivity index (χ0) is 23.3. The van der Waals surface area contributed by atoms with E-state index in [0.29, 0.717) is 23.5 Å². The molecule has 6 heteroatoms. The van der Waals surface area contributed by atoms with Gasteiger partial charge in [-0.3, -0.25) is 9.78 Å². The number of carbonyl (C=O) groups is 1. The summed E-state index contributed by atoms with van der Waals surface area (Å²) in [6, 6.07) is 10.6. The molecule has 3 atom stereocenters. The summed E-state index contributed by atoms with van der Waals surface area (Å²) in [5, 5.41) is 9.64. The predicted molar refractivity (Wildman–Crippen MR) is 122 cm³/mol. The molecule has 0 fully saturated rings. The van der Waals surface area contributed by atoms with Crippen LogP contribution in [0.15, 0.2) is 54.4 Å². The first kappa shape index (κ1) is 21.1. The van der Waals surface area contributed by atoms with Crippen molar-refractivity contribution in [2.75, 3.05) is 0 Å². The molecule has 0 aliphatic heterocycles. The van der Waals surface area contributed by atoms with Crippen LogP contribution in [0.5, 0.6) is 0 Å². The number of pyridine rings is 1. The summed E-state index contributed by atoms with van der Waals surface area (Å²) in [6.07, 6.45) is 6.60. The molecular formula is C27H23FN4O. The fourth-order valence-corrected chi connectivity index (χ4v) is 5.49. The highest BCUT2D eigenvalue weighted by Gasteiger charge is 2.49. The first-order valence-corrected chi connectivity index (χ1v) is 11.1. The van der Waals surface area contributed by atoms with Crippen LogP contribution >= 0.6 is 0 Å². The van der Waals surface area contributed by atoms with Gasteiger partial charge in [-0.15, -0.1) is 0 Å². The number of hydrogen-bond donors (Lipinski definition) is 0. The summed E-state index contributed by atoms with van der Waals surface area (Å²) in [6.45, 7) is 5.87. The fraction of sp³-hybridized carbons (Fsp3) is 0.296. The highest BCUT2D eigenvalue weighted by Crippen LogP contribution is 2.51. The molecular weight excluding hydrogens is 415 g/mol. The number of benzene rings is 1. The van der Waals surface area contributed by atoms with Crippen molar-refractivity contribution in [2.24, 2.45) is 11.8 Å². The first-order valence-electron chi connectivity index (χ1n) is 11.1. The fourth-order valence-electron chi connectivity index (χ4n) is 5.49. The maximum absolute atomic E-state index is 14.9. The molecule has 2 unspecified atom stereocenters. The lowest BCUT2D eigenvalue weighted by Crippen LogP contribution is -2.46. The molecule has 2 heterocycles. The van der Waals surface area contributed by atoms with Gasteiger partial charge in [0, 0.05) is 40.4 Å². The number of carbonyl (C=O) groups excluding carboxylic acids is 1. The first-order chi connectivity index (χ1) is 15.8. The van der Waals surface area contributed by atoms with Crippen molar-refractivity contribution in [3.63, 3.8) is 0 Å². The van der Waals surface area contributed by atoms with E-state index in [2.05, 4.69) is 11.1 Å². The number of ketones is 1. The van der Waals surface area contributed by atoms with Crippen LogP contribution in [0, 0.1) is 35.9 Å². The Morgan fingerprint density at radius 3 is 2.70 bits per heavy atom. The van der Waals surface area contributed by atoms with Crippen molar-refractivity contribution < 1.29 is 9.18 Å². The normalized spacial score (nSPS) is 23.8. The second kappa shape index (κ2) is 7.70. The van der Waals surface area contributed by atoms with Gasteiger partial charge in [-0.2, -0.15) is 5.26 Å². The Balaban J connectivity index is 1.85. The molecule has 0 saturated carbocycles. The lowest BCUT2D eigenvalue weighted by molar-refractivity contribution is -0.121. The summed E-state index contributed by atoms with van der Waals surface area (Å²) in [7, 11) is 0. The standard InChI is InChI=1S/C27H23FN4O/c1-15-14-30-11-10-18(15)26-31-23(19-6-4-5-7-22(19)28)20-8-9-21-16(2)24(33)17(13-29)12-27(21,3)25(20)32-26/h4-7,10-12,14,16,21H,8-9H2,1-3H3/t16?,21?,27-/m1/s1.